The van der Waals surface area contributed by atoms with Crippen molar-refractivity contribution in [1.82, 2.24) is 14.5 Å². The zero-order chi connectivity index (χ0) is 19.5. The van der Waals surface area contributed by atoms with Gasteiger partial charge < -0.3 is 5.11 Å². The van der Waals surface area contributed by atoms with E-state index >= 15 is 0 Å². The number of benzene rings is 1. The molecule has 7 heteroatoms. The Balaban J connectivity index is 1.61. The predicted octanol–water partition coefficient (Wildman–Crippen LogP) is 2.86. The average Bonchev–Trinajstić information content (AvgIpc) is 3.16. The van der Waals surface area contributed by atoms with E-state index in [0.717, 1.165) is 18.5 Å². The van der Waals surface area contributed by atoms with Gasteiger partial charge in [-0.3, -0.25) is 10.1 Å². The van der Waals surface area contributed by atoms with Crippen LogP contribution in [0.25, 0.3) is 11.2 Å². The van der Waals surface area contributed by atoms with Gasteiger partial charge in [-0.05, 0) is 25.0 Å². The summed E-state index contributed by atoms with van der Waals surface area (Å²) in [7, 11) is 0. The van der Waals surface area contributed by atoms with E-state index in [1.54, 1.807) is 24.8 Å². The molecule has 1 aromatic carbocycles. The molecule has 28 heavy (non-hydrogen) atoms. The number of carbonyl (C=O) groups excluding carboxylic acids is 1. The molecule has 0 unspecified atom stereocenters. The fraction of sp³-hybridized carbons (Fsp3) is 0.429. The molecule has 0 saturated carbocycles. The van der Waals surface area contributed by atoms with E-state index < -0.39 is 6.10 Å². The SMILES string of the molecule is CCCCCC[C@@H]1[C@@H](O)C[n+]2cnc(NC(=O)c3ccccc3)c3ncn1c32. The van der Waals surface area contributed by atoms with Crippen LogP contribution in [-0.2, 0) is 6.54 Å². The fourth-order valence-corrected chi connectivity index (χ4v) is 3.91. The number of nitrogens with one attached hydrogen (secondary N) is 1. The molecule has 0 aliphatic carbocycles. The number of unbranched alkanes of at least 4 members (excludes halogenated alkanes) is 3. The molecule has 4 rings (SSSR count). The van der Waals surface area contributed by atoms with Crippen LogP contribution in [-0.4, -0.2) is 31.7 Å². The van der Waals surface area contributed by atoms with Gasteiger partial charge in [-0.25, -0.2) is 14.1 Å². The van der Waals surface area contributed by atoms with Gasteiger partial charge in [-0.15, -0.1) is 0 Å². The first-order chi connectivity index (χ1) is 13.7. The van der Waals surface area contributed by atoms with Crippen LogP contribution in [0.15, 0.2) is 43.0 Å². The minimum absolute atomic E-state index is 0.00179. The number of hydrogen-bond donors (Lipinski definition) is 2. The quantitative estimate of drug-likeness (QED) is 0.488. The molecule has 0 spiro atoms. The van der Waals surface area contributed by atoms with E-state index in [1.165, 1.54) is 19.3 Å². The molecule has 2 atom stereocenters. The minimum Gasteiger partial charge on any atom is -0.386 e. The molecule has 1 aliphatic heterocycles. The molecule has 0 bridgehead atoms. The van der Waals surface area contributed by atoms with Gasteiger partial charge in [0, 0.05) is 5.56 Å². The van der Waals surface area contributed by atoms with Crippen LogP contribution in [0.3, 0.4) is 0 Å². The summed E-state index contributed by atoms with van der Waals surface area (Å²) in [5.74, 6) is 0.231. The summed E-state index contributed by atoms with van der Waals surface area (Å²) in [5.41, 5.74) is 2.12. The lowest BCUT2D eigenvalue weighted by atomic mass is 10.0. The molecular formula is C21H26N5O2+. The molecule has 0 fully saturated rings. The van der Waals surface area contributed by atoms with Crippen LogP contribution in [0.2, 0.25) is 0 Å². The number of imidazole rings is 1. The first-order valence-electron chi connectivity index (χ1n) is 9.98. The van der Waals surface area contributed by atoms with Gasteiger partial charge in [0.05, 0.1) is 0 Å². The second-order valence-electron chi connectivity index (χ2n) is 7.37. The summed E-state index contributed by atoms with van der Waals surface area (Å²) in [4.78, 5) is 21.4. The number of anilines is 1. The maximum Gasteiger partial charge on any atom is 0.261 e. The van der Waals surface area contributed by atoms with E-state index in [-0.39, 0.29) is 11.9 Å². The van der Waals surface area contributed by atoms with Crippen molar-refractivity contribution in [1.29, 1.82) is 0 Å². The number of aliphatic hydroxyl groups is 1. The summed E-state index contributed by atoms with van der Waals surface area (Å²) in [6, 6.07) is 9.06. The maximum atomic E-state index is 12.5. The van der Waals surface area contributed by atoms with Gasteiger partial charge >= 0.3 is 0 Å². The first kappa shape index (κ1) is 18.6. The van der Waals surface area contributed by atoms with E-state index in [0.29, 0.717) is 23.4 Å². The minimum atomic E-state index is -0.469. The van der Waals surface area contributed by atoms with Crippen LogP contribution < -0.4 is 9.88 Å². The summed E-state index contributed by atoms with van der Waals surface area (Å²) >= 11 is 0. The maximum absolute atomic E-state index is 12.5. The van der Waals surface area contributed by atoms with E-state index in [1.807, 2.05) is 27.3 Å². The lowest BCUT2D eigenvalue weighted by Crippen LogP contribution is -2.49. The summed E-state index contributed by atoms with van der Waals surface area (Å²) < 4.78 is 3.95. The van der Waals surface area contributed by atoms with Crippen molar-refractivity contribution < 1.29 is 14.5 Å². The number of nitrogens with zero attached hydrogens (tertiary/aromatic N) is 4. The number of rotatable bonds is 7. The van der Waals surface area contributed by atoms with Crippen molar-refractivity contribution in [3.8, 4) is 0 Å². The predicted molar refractivity (Wildman–Crippen MR) is 106 cm³/mol. The van der Waals surface area contributed by atoms with Crippen molar-refractivity contribution in [3.63, 3.8) is 0 Å². The Hall–Kier alpha value is -2.80. The number of aliphatic hydroxyl groups excluding tert-OH is 1. The fourth-order valence-electron chi connectivity index (χ4n) is 3.91. The lowest BCUT2D eigenvalue weighted by Gasteiger charge is -2.26. The molecule has 1 amide bonds. The van der Waals surface area contributed by atoms with E-state index in [9.17, 15) is 9.90 Å². The van der Waals surface area contributed by atoms with Crippen LogP contribution >= 0.6 is 0 Å². The monoisotopic (exact) mass is 380 g/mol. The number of aromatic nitrogens is 4. The zero-order valence-electron chi connectivity index (χ0n) is 16.1. The molecule has 3 heterocycles. The van der Waals surface area contributed by atoms with Gasteiger partial charge in [0.2, 0.25) is 12.1 Å². The van der Waals surface area contributed by atoms with Crippen molar-refractivity contribution in [2.45, 2.75) is 57.7 Å². The Bertz CT molecular complexity index is 970. The van der Waals surface area contributed by atoms with Crippen molar-refractivity contribution in [3.05, 3.63) is 48.5 Å². The highest BCUT2D eigenvalue weighted by Gasteiger charge is 2.35. The second kappa shape index (κ2) is 8.06. The van der Waals surface area contributed by atoms with E-state index in [2.05, 4.69) is 22.2 Å². The first-order valence-corrected chi connectivity index (χ1v) is 9.98. The molecular weight excluding hydrogens is 354 g/mol. The summed E-state index contributed by atoms with van der Waals surface area (Å²) in [6.07, 6.45) is 8.53. The molecule has 146 valence electrons. The normalized spacial score (nSPS) is 18.4. The van der Waals surface area contributed by atoms with Crippen LogP contribution in [0.5, 0.6) is 0 Å². The summed E-state index contributed by atoms with van der Waals surface area (Å²) in [5, 5.41) is 13.5. The topological polar surface area (TPSA) is 83.9 Å². The molecule has 0 saturated heterocycles. The molecule has 1 aliphatic rings. The average molecular weight is 380 g/mol. The van der Waals surface area contributed by atoms with Gasteiger partial charge in [0.1, 0.15) is 18.7 Å². The number of hydrogen-bond acceptors (Lipinski definition) is 4. The highest BCUT2D eigenvalue weighted by atomic mass is 16.3. The Morgan fingerprint density at radius 1 is 1.25 bits per heavy atom. The third kappa shape index (κ3) is 3.49. The third-order valence-electron chi connectivity index (χ3n) is 5.40. The Labute approximate surface area is 164 Å². The molecule has 3 aromatic rings. The van der Waals surface area contributed by atoms with Gasteiger partial charge in [0.15, 0.2) is 11.8 Å². The number of carbonyl (C=O) groups is 1. The van der Waals surface area contributed by atoms with Crippen LogP contribution in [0.1, 0.15) is 55.4 Å². The lowest BCUT2D eigenvalue weighted by molar-refractivity contribution is -0.690. The van der Waals surface area contributed by atoms with Gasteiger partial charge in [0.25, 0.3) is 11.6 Å². The highest BCUT2D eigenvalue weighted by Crippen LogP contribution is 2.29. The third-order valence-corrected chi connectivity index (χ3v) is 5.40. The Morgan fingerprint density at radius 3 is 2.86 bits per heavy atom. The molecule has 2 aromatic heterocycles. The van der Waals surface area contributed by atoms with Gasteiger partial charge in [-0.1, -0.05) is 49.4 Å². The molecule has 7 nitrogen and oxygen atoms in total. The number of amides is 1. The Morgan fingerprint density at radius 2 is 2.07 bits per heavy atom. The van der Waals surface area contributed by atoms with E-state index in [4.69, 9.17) is 0 Å². The smallest absolute Gasteiger partial charge is 0.261 e. The van der Waals surface area contributed by atoms with Crippen molar-refractivity contribution in [2.24, 2.45) is 0 Å². The molecule has 2 N–H and O–H groups in total. The highest BCUT2D eigenvalue weighted by molar-refractivity contribution is 6.06. The molecule has 0 radical (unpaired) electrons. The zero-order valence-corrected chi connectivity index (χ0v) is 16.1. The van der Waals surface area contributed by atoms with Crippen LogP contribution in [0, 0.1) is 0 Å². The summed E-state index contributed by atoms with van der Waals surface area (Å²) in [6.45, 7) is 2.68. The van der Waals surface area contributed by atoms with Crippen molar-refractivity contribution >= 4 is 22.9 Å². The largest absolute Gasteiger partial charge is 0.386 e. The van der Waals surface area contributed by atoms with Crippen molar-refractivity contribution in [2.75, 3.05) is 5.32 Å². The van der Waals surface area contributed by atoms with Crippen LogP contribution in [0.4, 0.5) is 5.82 Å². The van der Waals surface area contributed by atoms with Gasteiger partial charge in [-0.2, -0.15) is 0 Å². The Kier molecular flexibility index (Phi) is 5.34. The standard InChI is InChI=1S/C21H25N5O2/c1-2-3-4-8-11-16-17(27)12-25-13-23-19(18-21(25)26(16)14-22-18)24-20(28)15-9-6-5-7-10-15/h5-7,9-10,13-14,16-17,27H,2-4,8,11-12H2,1H3/p+1/t16-,17+/m1/s1. The second-order valence-corrected chi connectivity index (χ2v) is 7.37.